The summed E-state index contributed by atoms with van der Waals surface area (Å²) in [5.74, 6) is -0.490. The summed E-state index contributed by atoms with van der Waals surface area (Å²) in [5, 5.41) is 2.68. The second-order valence-electron chi connectivity index (χ2n) is 6.09. The second kappa shape index (κ2) is 9.29. The summed E-state index contributed by atoms with van der Waals surface area (Å²) in [6, 6.07) is 5.91. The average molecular weight is 395 g/mol. The fourth-order valence-electron chi connectivity index (χ4n) is 2.16. The van der Waals surface area contributed by atoms with Gasteiger partial charge in [-0.05, 0) is 24.6 Å². The van der Waals surface area contributed by atoms with Gasteiger partial charge in [-0.2, -0.15) is 13.2 Å². The number of carbonyl (C=O) groups is 2. The number of hydrogen-bond acceptors (Lipinski definition) is 5. The zero-order valence-corrected chi connectivity index (χ0v) is 15.4. The minimum Gasteiger partial charge on any atom is -0.465 e. The van der Waals surface area contributed by atoms with E-state index in [2.05, 4.69) is 15.3 Å². The zero-order valence-electron chi connectivity index (χ0n) is 15.4. The number of halogens is 3. The summed E-state index contributed by atoms with van der Waals surface area (Å²) in [7, 11) is 0. The lowest BCUT2D eigenvalue weighted by Gasteiger charge is -2.16. The molecule has 0 aliphatic carbocycles. The van der Waals surface area contributed by atoms with Crippen LogP contribution in [0.15, 0.2) is 36.7 Å². The highest BCUT2D eigenvalue weighted by atomic mass is 19.4. The van der Waals surface area contributed by atoms with E-state index in [0.717, 1.165) is 6.92 Å². The van der Waals surface area contributed by atoms with E-state index in [1.807, 2.05) is 0 Å². The predicted octanol–water partition coefficient (Wildman–Crippen LogP) is 3.26. The van der Waals surface area contributed by atoms with Crippen LogP contribution < -0.4 is 10.1 Å². The van der Waals surface area contributed by atoms with Crippen LogP contribution in [0.25, 0.3) is 0 Å². The van der Waals surface area contributed by atoms with Gasteiger partial charge < -0.3 is 10.1 Å². The summed E-state index contributed by atoms with van der Waals surface area (Å²) in [6.07, 6.45) is -3.09. The van der Waals surface area contributed by atoms with Crippen LogP contribution in [0.2, 0.25) is 0 Å². The van der Waals surface area contributed by atoms with Gasteiger partial charge >= 0.3 is 6.18 Å². The molecule has 2 heterocycles. The number of Topliss-reactive ketones (excluding diaryl/α,β-unsaturated/α-hetero) is 1. The Bertz CT molecular complexity index is 823. The smallest absolute Gasteiger partial charge is 0.425 e. The van der Waals surface area contributed by atoms with Crippen molar-refractivity contribution < 1.29 is 27.5 Å². The Balaban J connectivity index is 1.92. The molecule has 1 atom stereocenters. The summed E-state index contributed by atoms with van der Waals surface area (Å²) in [5.41, 5.74) is 1.47. The Morgan fingerprint density at radius 1 is 1.21 bits per heavy atom. The van der Waals surface area contributed by atoms with Crippen LogP contribution >= 0.6 is 0 Å². The van der Waals surface area contributed by atoms with Crippen LogP contribution in [0.1, 0.15) is 41.9 Å². The number of hydrogen-bond donors (Lipinski definition) is 1. The number of pyridine rings is 2. The average Bonchev–Trinajstić information content (AvgIpc) is 2.66. The van der Waals surface area contributed by atoms with Gasteiger partial charge in [-0.25, -0.2) is 4.98 Å². The molecule has 0 saturated heterocycles. The van der Waals surface area contributed by atoms with E-state index in [1.54, 1.807) is 13.0 Å². The van der Waals surface area contributed by atoms with Gasteiger partial charge in [-0.3, -0.25) is 14.6 Å². The molecular formula is C19H20F3N3O3. The van der Waals surface area contributed by atoms with E-state index >= 15 is 0 Å². The van der Waals surface area contributed by atoms with Gasteiger partial charge in [0, 0.05) is 49.1 Å². The molecule has 1 N–H and O–H groups in total. The van der Waals surface area contributed by atoms with Crippen molar-refractivity contribution in [2.24, 2.45) is 0 Å². The first-order valence-corrected chi connectivity index (χ1v) is 8.62. The maximum absolute atomic E-state index is 12.5. The Hall–Kier alpha value is -2.97. The molecule has 0 radical (unpaired) electrons. The largest absolute Gasteiger partial charge is 0.465 e. The normalized spacial score (nSPS) is 12.3. The molecule has 0 aromatic carbocycles. The maximum atomic E-state index is 12.5. The van der Waals surface area contributed by atoms with Crippen molar-refractivity contribution in [3.8, 4) is 5.88 Å². The topological polar surface area (TPSA) is 81.2 Å². The summed E-state index contributed by atoms with van der Waals surface area (Å²) < 4.78 is 42.2. The zero-order chi connectivity index (χ0) is 20.7. The van der Waals surface area contributed by atoms with Gasteiger partial charge in [0.15, 0.2) is 6.10 Å². The van der Waals surface area contributed by atoms with Crippen LogP contribution in [0.4, 0.5) is 13.2 Å². The van der Waals surface area contributed by atoms with Crippen LogP contribution in [-0.4, -0.2) is 33.9 Å². The Morgan fingerprint density at radius 2 is 1.96 bits per heavy atom. The van der Waals surface area contributed by atoms with E-state index in [4.69, 9.17) is 4.74 Å². The standard InChI is InChI=1S/C19H20F3N3O3/c1-3-16(26)9-15-8-14(6-7-23-15)18(27)25-11-13-4-5-17(24-10-13)28-12(2)19(20,21)22/h4-8,10,12H,3,9,11H2,1-2H3,(H,25,27)/t12-/m1/s1. The molecule has 0 bridgehead atoms. The maximum Gasteiger partial charge on any atom is 0.425 e. The van der Waals surface area contributed by atoms with Crippen molar-refractivity contribution >= 4 is 11.7 Å². The molecule has 9 heteroatoms. The molecule has 6 nitrogen and oxygen atoms in total. The fraction of sp³-hybridized carbons (Fsp3) is 0.368. The van der Waals surface area contributed by atoms with Crippen molar-refractivity contribution in [3.63, 3.8) is 0 Å². The molecular weight excluding hydrogens is 375 g/mol. The number of carbonyl (C=O) groups excluding carboxylic acids is 2. The number of nitrogens with one attached hydrogen (secondary N) is 1. The molecule has 150 valence electrons. The Labute approximate surface area is 160 Å². The molecule has 0 unspecified atom stereocenters. The highest BCUT2D eigenvalue weighted by Gasteiger charge is 2.38. The van der Waals surface area contributed by atoms with Crippen molar-refractivity contribution in [3.05, 3.63) is 53.5 Å². The minimum absolute atomic E-state index is 0.0262. The third-order valence-corrected chi connectivity index (χ3v) is 3.86. The lowest BCUT2D eigenvalue weighted by molar-refractivity contribution is -0.189. The molecule has 0 aliphatic heterocycles. The molecule has 0 saturated carbocycles. The SMILES string of the molecule is CCC(=O)Cc1cc(C(=O)NCc2ccc(O[C@H](C)C(F)(F)F)nc2)ccn1. The van der Waals surface area contributed by atoms with E-state index in [0.29, 0.717) is 23.2 Å². The van der Waals surface area contributed by atoms with Crippen LogP contribution in [-0.2, 0) is 17.8 Å². The summed E-state index contributed by atoms with van der Waals surface area (Å²) in [6.45, 7) is 2.78. The van der Waals surface area contributed by atoms with Gasteiger partial charge in [0.1, 0.15) is 5.78 Å². The highest BCUT2D eigenvalue weighted by Crippen LogP contribution is 2.23. The van der Waals surface area contributed by atoms with E-state index < -0.39 is 12.3 Å². The number of rotatable bonds is 8. The highest BCUT2D eigenvalue weighted by molar-refractivity contribution is 5.94. The summed E-state index contributed by atoms with van der Waals surface area (Å²) >= 11 is 0. The molecule has 2 aromatic heterocycles. The van der Waals surface area contributed by atoms with Gasteiger partial charge in [0.2, 0.25) is 5.88 Å². The first-order chi connectivity index (χ1) is 13.2. The molecule has 1 amide bonds. The number of ether oxygens (including phenoxy) is 1. The third-order valence-electron chi connectivity index (χ3n) is 3.86. The van der Waals surface area contributed by atoms with Gasteiger partial charge in [-0.1, -0.05) is 13.0 Å². The number of nitrogens with zero attached hydrogens (tertiary/aromatic N) is 2. The van der Waals surface area contributed by atoms with Crippen molar-refractivity contribution in [2.45, 2.75) is 45.5 Å². The van der Waals surface area contributed by atoms with Crippen molar-refractivity contribution in [1.29, 1.82) is 0 Å². The van der Waals surface area contributed by atoms with Crippen LogP contribution in [0.3, 0.4) is 0 Å². The molecule has 0 aliphatic rings. The number of amides is 1. The van der Waals surface area contributed by atoms with Gasteiger partial charge in [0.25, 0.3) is 5.91 Å². The van der Waals surface area contributed by atoms with E-state index in [-0.39, 0.29) is 30.5 Å². The number of ketones is 1. The molecule has 2 aromatic rings. The van der Waals surface area contributed by atoms with Gasteiger partial charge in [-0.15, -0.1) is 0 Å². The number of alkyl halides is 3. The molecule has 28 heavy (non-hydrogen) atoms. The second-order valence-corrected chi connectivity index (χ2v) is 6.09. The minimum atomic E-state index is -4.47. The molecule has 2 rings (SSSR count). The summed E-state index contributed by atoms with van der Waals surface area (Å²) in [4.78, 5) is 31.6. The molecule has 0 fully saturated rings. The molecule has 0 spiro atoms. The van der Waals surface area contributed by atoms with Crippen molar-refractivity contribution in [1.82, 2.24) is 15.3 Å². The lowest BCUT2D eigenvalue weighted by atomic mass is 10.1. The lowest BCUT2D eigenvalue weighted by Crippen LogP contribution is -2.31. The van der Waals surface area contributed by atoms with Crippen LogP contribution in [0.5, 0.6) is 5.88 Å². The first kappa shape index (κ1) is 21.3. The van der Waals surface area contributed by atoms with Gasteiger partial charge in [0.05, 0.1) is 0 Å². The Morgan fingerprint density at radius 3 is 2.57 bits per heavy atom. The predicted molar refractivity (Wildman–Crippen MR) is 94.8 cm³/mol. The third kappa shape index (κ3) is 6.33. The quantitative estimate of drug-likeness (QED) is 0.742. The van der Waals surface area contributed by atoms with Crippen LogP contribution in [0, 0.1) is 0 Å². The van der Waals surface area contributed by atoms with E-state index in [1.165, 1.54) is 30.6 Å². The van der Waals surface area contributed by atoms with E-state index in [9.17, 15) is 22.8 Å². The number of aromatic nitrogens is 2. The first-order valence-electron chi connectivity index (χ1n) is 8.62. The Kier molecular flexibility index (Phi) is 7.08. The fourth-order valence-corrected chi connectivity index (χ4v) is 2.16. The monoisotopic (exact) mass is 395 g/mol. The van der Waals surface area contributed by atoms with Crippen molar-refractivity contribution in [2.75, 3.05) is 0 Å².